The maximum atomic E-state index is 2.72. The molecule has 1 heteroatoms. The van der Waals surface area contributed by atoms with Crippen molar-refractivity contribution in [2.45, 2.75) is 58.3 Å². The van der Waals surface area contributed by atoms with E-state index in [9.17, 15) is 0 Å². The maximum absolute atomic E-state index is 2.72. The minimum atomic E-state index is 0.782. The highest BCUT2D eigenvalue weighted by Gasteiger charge is 2.50. The van der Waals surface area contributed by atoms with Crippen LogP contribution in [0, 0.1) is 23.2 Å². The third-order valence-electron chi connectivity index (χ3n) is 6.53. The van der Waals surface area contributed by atoms with Crippen molar-refractivity contribution >= 4 is 0 Å². The van der Waals surface area contributed by atoms with Gasteiger partial charge in [-0.15, -0.1) is 0 Å². The highest BCUT2D eigenvalue weighted by atomic mass is 15.1. The number of nitrogens with zero attached hydrogens (tertiary/aromatic N) is 1. The minimum absolute atomic E-state index is 0.782. The Kier molecular flexibility index (Phi) is 3.02. The molecular formula is C18H29N. The van der Waals surface area contributed by atoms with Gasteiger partial charge in [0, 0.05) is 13.1 Å². The van der Waals surface area contributed by atoms with E-state index < -0.39 is 0 Å². The third kappa shape index (κ3) is 2.39. The molecule has 0 aromatic rings. The molecule has 0 unspecified atom stereocenters. The van der Waals surface area contributed by atoms with Gasteiger partial charge in [0.1, 0.15) is 0 Å². The minimum Gasteiger partial charge on any atom is -0.299 e. The van der Waals surface area contributed by atoms with Crippen LogP contribution < -0.4 is 0 Å². The lowest BCUT2D eigenvalue weighted by Gasteiger charge is -2.57. The Morgan fingerprint density at radius 1 is 1.11 bits per heavy atom. The van der Waals surface area contributed by atoms with Crippen LogP contribution in [0.25, 0.3) is 0 Å². The summed E-state index contributed by atoms with van der Waals surface area (Å²) in [5.41, 5.74) is 2.38. The second kappa shape index (κ2) is 4.62. The van der Waals surface area contributed by atoms with Crippen LogP contribution in [0.2, 0.25) is 0 Å². The van der Waals surface area contributed by atoms with Gasteiger partial charge in [-0.05, 0) is 88.0 Å². The molecule has 1 heterocycles. The van der Waals surface area contributed by atoms with E-state index in [1.165, 1.54) is 32.5 Å². The fraction of sp³-hybridized carbons (Fsp3) is 0.889. The highest BCUT2D eigenvalue weighted by Crippen LogP contribution is 2.61. The van der Waals surface area contributed by atoms with Gasteiger partial charge in [0.25, 0.3) is 0 Å². The van der Waals surface area contributed by atoms with E-state index in [2.05, 4.69) is 17.9 Å². The lowest BCUT2D eigenvalue weighted by molar-refractivity contribution is -0.0608. The van der Waals surface area contributed by atoms with Gasteiger partial charge in [0.15, 0.2) is 0 Å². The summed E-state index contributed by atoms with van der Waals surface area (Å²) in [6.45, 7) is 6.23. The lowest BCUT2D eigenvalue weighted by Crippen LogP contribution is -2.47. The summed E-state index contributed by atoms with van der Waals surface area (Å²) in [7, 11) is 0. The average Bonchev–Trinajstić information content (AvgIpc) is 2.35. The standard InChI is InChI=1S/C18H29N/c1-14-3-2-5-19(13-14)6-4-18-10-15-7-16(11-18)9-17(8-15)12-18/h3,15-17H,2,4-13H2,1H3. The Balaban J connectivity index is 1.39. The Morgan fingerprint density at radius 3 is 2.32 bits per heavy atom. The summed E-state index contributed by atoms with van der Waals surface area (Å²) < 4.78 is 0. The molecule has 19 heavy (non-hydrogen) atoms. The summed E-state index contributed by atoms with van der Waals surface area (Å²) in [5.74, 6) is 3.36. The molecule has 106 valence electrons. The zero-order chi connectivity index (χ0) is 12.9. The summed E-state index contributed by atoms with van der Waals surface area (Å²) in [6, 6.07) is 0. The van der Waals surface area contributed by atoms with Gasteiger partial charge in [0.2, 0.25) is 0 Å². The van der Waals surface area contributed by atoms with Crippen molar-refractivity contribution < 1.29 is 0 Å². The van der Waals surface area contributed by atoms with Gasteiger partial charge in [-0.2, -0.15) is 0 Å². The number of hydrogen-bond donors (Lipinski definition) is 0. The summed E-state index contributed by atoms with van der Waals surface area (Å²) in [4.78, 5) is 2.72. The predicted molar refractivity (Wildman–Crippen MR) is 80.0 cm³/mol. The lowest BCUT2D eigenvalue weighted by atomic mass is 9.49. The molecule has 0 amide bonds. The van der Waals surface area contributed by atoms with Crippen LogP contribution in [-0.2, 0) is 0 Å². The molecule has 0 atom stereocenters. The first-order chi connectivity index (χ1) is 9.21. The Labute approximate surface area is 118 Å². The molecule has 0 radical (unpaired) electrons. The maximum Gasteiger partial charge on any atom is 0.0190 e. The van der Waals surface area contributed by atoms with E-state index in [1.54, 1.807) is 44.1 Å². The van der Waals surface area contributed by atoms with Gasteiger partial charge in [0.05, 0.1) is 0 Å². The van der Waals surface area contributed by atoms with Crippen molar-refractivity contribution in [3.63, 3.8) is 0 Å². The molecule has 4 bridgehead atoms. The fourth-order valence-electron chi connectivity index (χ4n) is 6.17. The van der Waals surface area contributed by atoms with E-state index in [4.69, 9.17) is 0 Å². The van der Waals surface area contributed by atoms with Crippen LogP contribution >= 0.6 is 0 Å². The van der Waals surface area contributed by atoms with E-state index >= 15 is 0 Å². The normalized spacial score (nSPS) is 45.5. The Hall–Kier alpha value is -0.300. The third-order valence-corrected chi connectivity index (χ3v) is 6.53. The monoisotopic (exact) mass is 259 g/mol. The fourth-order valence-corrected chi connectivity index (χ4v) is 6.17. The molecule has 1 nitrogen and oxygen atoms in total. The van der Waals surface area contributed by atoms with Crippen molar-refractivity contribution in [2.24, 2.45) is 23.2 Å². The topological polar surface area (TPSA) is 3.24 Å². The summed E-state index contributed by atoms with van der Waals surface area (Å²) in [6.07, 6.45) is 14.7. The quantitative estimate of drug-likeness (QED) is 0.685. The first-order valence-corrected chi connectivity index (χ1v) is 8.59. The molecule has 4 aliphatic carbocycles. The molecule has 4 saturated carbocycles. The van der Waals surface area contributed by atoms with Gasteiger partial charge in [-0.1, -0.05) is 11.6 Å². The van der Waals surface area contributed by atoms with Crippen molar-refractivity contribution in [3.8, 4) is 0 Å². The van der Waals surface area contributed by atoms with Gasteiger partial charge < -0.3 is 0 Å². The molecule has 0 saturated heterocycles. The van der Waals surface area contributed by atoms with E-state index in [0.717, 1.165) is 23.2 Å². The van der Waals surface area contributed by atoms with Crippen LogP contribution in [0.1, 0.15) is 58.3 Å². The summed E-state index contributed by atoms with van der Waals surface area (Å²) >= 11 is 0. The molecule has 0 N–H and O–H groups in total. The molecule has 5 rings (SSSR count). The first kappa shape index (κ1) is 12.4. The zero-order valence-corrected chi connectivity index (χ0v) is 12.5. The second-order valence-electron chi connectivity index (χ2n) is 8.28. The molecule has 4 fully saturated rings. The number of hydrogen-bond acceptors (Lipinski definition) is 1. The van der Waals surface area contributed by atoms with Gasteiger partial charge >= 0.3 is 0 Å². The summed E-state index contributed by atoms with van der Waals surface area (Å²) in [5, 5.41) is 0. The van der Waals surface area contributed by atoms with Gasteiger partial charge in [-0.25, -0.2) is 0 Å². The van der Waals surface area contributed by atoms with Crippen LogP contribution in [-0.4, -0.2) is 24.5 Å². The SMILES string of the molecule is CC1=CCCN(CCC23CC4CC(CC(C4)C2)C3)C1. The zero-order valence-electron chi connectivity index (χ0n) is 12.5. The predicted octanol–water partition coefficient (Wildman–Crippen LogP) is 4.24. The van der Waals surface area contributed by atoms with Crippen LogP contribution in [0.5, 0.6) is 0 Å². The Morgan fingerprint density at radius 2 is 1.74 bits per heavy atom. The average molecular weight is 259 g/mol. The van der Waals surface area contributed by atoms with Crippen LogP contribution in [0.15, 0.2) is 11.6 Å². The molecular weight excluding hydrogens is 230 g/mol. The smallest absolute Gasteiger partial charge is 0.0190 e. The first-order valence-electron chi connectivity index (χ1n) is 8.59. The number of rotatable bonds is 3. The molecule has 0 spiro atoms. The van der Waals surface area contributed by atoms with Crippen LogP contribution in [0.3, 0.4) is 0 Å². The second-order valence-corrected chi connectivity index (χ2v) is 8.28. The highest BCUT2D eigenvalue weighted by molar-refractivity contribution is 5.05. The molecule has 1 aliphatic heterocycles. The molecule has 5 aliphatic rings. The van der Waals surface area contributed by atoms with E-state index in [-0.39, 0.29) is 0 Å². The Bertz CT molecular complexity index is 346. The van der Waals surface area contributed by atoms with Crippen LogP contribution in [0.4, 0.5) is 0 Å². The van der Waals surface area contributed by atoms with Crippen molar-refractivity contribution in [1.82, 2.24) is 4.90 Å². The molecule has 0 aromatic heterocycles. The van der Waals surface area contributed by atoms with Crippen molar-refractivity contribution in [2.75, 3.05) is 19.6 Å². The van der Waals surface area contributed by atoms with Crippen molar-refractivity contribution in [1.29, 1.82) is 0 Å². The van der Waals surface area contributed by atoms with E-state index in [0.29, 0.717) is 0 Å². The van der Waals surface area contributed by atoms with Gasteiger partial charge in [-0.3, -0.25) is 4.90 Å². The van der Waals surface area contributed by atoms with E-state index in [1.807, 2.05) is 0 Å². The van der Waals surface area contributed by atoms with Crippen molar-refractivity contribution in [3.05, 3.63) is 11.6 Å². The largest absolute Gasteiger partial charge is 0.299 e. The molecule has 0 aromatic carbocycles.